The van der Waals surface area contributed by atoms with E-state index in [4.69, 9.17) is 4.43 Å². The largest absolute Gasteiger partial charge is 0.413 e. The topological polar surface area (TPSA) is 26.3 Å². The van der Waals surface area contributed by atoms with Crippen molar-refractivity contribution in [3.8, 4) is 0 Å². The van der Waals surface area contributed by atoms with Gasteiger partial charge in [-0.3, -0.25) is 4.79 Å². The van der Waals surface area contributed by atoms with Crippen molar-refractivity contribution in [2.45, 2.75) is 72.2 Å². The van der Waals surface area contributed by atoms with Crippen LogP contribution in [0.2, 0.25) is 18.1 Å². The highest BCUT2D eigenvalue weighted by Gasteiger charge is 2.55. The summed E-state index contributed by atoms with van der Waals surface area (Å²) in [5.41, 5.74) is 0.845. The molecule has 2 nitrogen and oxygen atoms in total. The molecule has 130 valence electrons. The predicted octanol–water partition coefficient (Wildman–Crippen LogP) is 5.37. The summed E-state index contributed by atoms with van der Waals surface area (Å²) in [6.45, 7) is 21.8. The molecule has 0 aliphatic heterocycles. The Morgan fingerprint density at radius 2 is 1.91 bits per heavy atom. The fourth-order valence-electron chi connectivity index (χ4n) is 3.92. The number of hydrogen-bond donors (Lipinski definition) is 0. The lowest BCUT2D eigenvalue weighted by molar-refractivity contribution is -0.126. The lowest BCUT2D eigenvalue weighted by Crippen LogP contribution is -2.49. The molecule has 2 aliphatic rings. The molecular weight excluding hydrogens is 300 g/mol. The quantitative estimate of drug-likeness (QED) is 0.512. The molecule has 0 radical (unpaired) electrons. The van der Waals surface area contributed by atoms with Crippen LogP contribution >= 0.6 is 0 Å². The van der Waals surface area contributed by atoms with Gasteiger partial charge in [0.15, 0.2) is 14.1 Å². The summed E-state index contributed by atoms with van der Waals surface area (Å²) in [5, 5.41) is 0.171. The first-order chi connectivity index (χ1) is 10.3. The van der Waals surface area contributed by atoms with Crippen LogP contribution in [0, 0.1) is 23.2 Å². The van der Waals surface area contributed by atoms with Gasteiger partial charge in [0.2, 0.25) is 0 Å². The van der Waals surface area contributed by atoms with Gasteiger partial charge in [0.1, 0.15) is 0 Å². The zero-order valence-electron chi connectivity index (χ0n) is 16.2. The van der Waals surface area contributed by atoms with Gasteiger partial charge < -0.3 is 4.43 Å². The van der Waals surface area contributed by atoms with Gasteiger partial charge in [-0.1, -0.05) is 46.3 Å². The molecule has 2 bridgehead atoms. The second kappa shape index (κ2) is 5.70. The van der Waals surface area contributed by atoms with Crippen LogP contribution in [-0.2, 0) is 9.22 Å². The number of carbonyl (C=O) groups is 1. The minimum absolute atomic E-state index is 0.112. The number of fused-ring (bicyclic) bond motifs is 2. The maximum Gasteiger partial charge on any atom is 0.192 e. The Morgan fingerprint density at radius 3 is 2.39 bits per heavy atom. The number of hydrogen-bond acceptors (Lipinski definition) is 2. The lowest BCUT2D eigenvalue weighted by Gasteiger charge is -2.44. The van der Waals surface area contributed by atoms with Crippen molar-refractivity contribution in [2.24, 2.45) is 23.2 Å². The molecule has 23 heavy (non-hydrogen) atoms. The minimum Gasteiger partial charge on any atom is -0.413 e. The molecule has 0 saturated heterocycles. The Morgan fingerprint density at radius 1 is 1.35 bits per heavy atom. The summed E-state index contributed by atoms with van der Waals surface area (Å²) in [4.78, 5) is 12.7. The molecule has 1 saturated carbocycles. The van der Waals surface area contributed by atoms with Crippen molar-refractivity contribution < 1.29 is 9.22 Å². The maximum absolute atomic E-state index is 12.7. The Kier molecular flexibility index (Phi) is 4.62. The first kappa shape index (κ1) is 18.7. The monoisotopic (exact) mass is 334 g/mol. The van der Waals surface area contributed by atoms with Crippen molar-refractivity contribution in [1.82, 2.24) is 0 Å². The van der Waals surface area contributed by atoms with Gasteiger partial charge in [0, 0.05) is 11.3 Å². The van der Waals surface area contributed by atoms with E-state index in [1.807, 2.05) is 6.08 Å². The molecule has 0 aromatic heterocycles. The summed E-state index contributed by atoms with van der Waals surface area (Å²) in [7, 11) is -1.89. The SMILES string of the molecule is C=C[C@H]1[C@H](O[Si](C)(C)C(C)(C)C)[C@@H]2C[C@H]1C(C)=CC(=O)C2(C)C. The van der Waals surface area contributed by atoms with Crippen molar-refractivity contribution in [1.29, 1.82) is 0 Å². The minimum atomic E-state index is -1.89. The Balaban J connectivity index is 2.45. The molecule has 0 aromatic carbocycles. The first-order valence-electron chi connectivity index (χ1n) is 8.86. The molecule has 2 rings (SSSR count). The molecule has 0 amide bonds. The highest BCUT2D eigenvalue weighted by Crippen LogP contribution is 2.54. The normalized spacial score (nSPS) is 34.1. The van der Waals surface area contributed by atoms with E-state index in [9.17, 15) is 4.79 Å². The summed E-state index contributed by atoms with van der Waals surface area (Å²) >= 11 is 0. The van der Waals surface area contributed by atoms with E-state index in [0.29, 0.717) is 11.8 Å². The Hall–Kier alpha value is -0.673. The second-order valence-corrected chi connectivity index (χ2v) is 14.3. The van der Waals surface area contributed by atoms with Crippen molar-refractivity contribution in [2.75, 3.05) is 0 Å². The third-order valence-corrected chi connectivity index (χ3v) is 11.2. The molecule has 0 spiro atoms. The number of ketones is 1. The lowest BCUT2D eigenvalue weighted by atomic mass is 9.73. The van der Waals surface area contributed by atoms with Crippen LogP contribution in [0.25, 0.3) is 0 Å². The molecule has 0 heterocycles. The molecule has 4 atom stereocenters. The van der Waals surface area contributed by atoms with Gasteiger partial charge in [-0.05, 0) is 49.4 Å². The van der Waals surface area contributed by atoms with Crippen molar-refractivity contribution in [3.63, 3.8) is 0 Å². The van der Waals surface area contributed by atoms with Gasteiger partial charge in [0.05, 0.1) is 6.10 Å². The van der Waals surface area contributed by atoms with Gasteiger partial charge in [0.25, 0.3) is 0 Å². The highest BCUT2D eigenvalue weighted by atomic mass is 28.4. The van der Waals surface area contributed by atoms with Gasteiger partial charge in [-0.15, -0.1) is 6.58 Å². The summed E-state index contributed by atoms with van der Waals surface area (Å²) < 4.78 is 6.86. The average Bonchev–Trinajstić information content (AvgIpc) is 2.71. The van der Waals surface area contributed by atoms with E-state index >= 15 is 0 Å². The first-order valence-corrected chi connectivity index (χ1v) is 11.8. The van der Waals surface area contributed by atoms with E-state index < -0.39 is 8.32 Å². The molecule has 0 aromatic rings. The number of rotatable bonds is 3. The van der Waals surface area contributed by atoms with E-state index in [0.717, 1.165) is 6.42 Å². The van der Waals surface area contributed by atoms with Crippen LogP contribution in [0.3, 0.4) is 0 Å². The molecular formula is C20H34O2Si. The Labute approximate surface area is 143 Å². The summed E-state index contributed by atoms with van der Waals surface area (Å²) in [5.74, 6) is 1.25. The third-order valence-electron chi connectivity index (χ3n) is 6.76. The number of carbonyl (C=O) groups excluding carboxylic acids is 1. The molecule has 1 fully saturated rings. The number of allylic oxidation sites excluding steroid dienone is 2. The van der Waals surface area contributed by atoms with Crippen LogP contribution in [-0.4, -0.2) is 20.2 Å². The average molecular weight is 335 g/mol. The highest BCUT2D eigenvalue weighted by molar-refractivity contribution is 6.74. The fraction of sp³-hybridized carbons (Fsp3) is 0.750. The standard InChI is InChI=1S/C20H34O2Si/c1-10-14-15-12-16(20(6,7)17(21)11-13(15)2)18(14)22-23(8,9)19(3,4)5/h10-11,14-16,18H,1,12H2,2-9H3/t14-,15+,16+,18+/m1/s1. The second-order valence-electron chi connectivity index (χ2n) is 9.58. The molecule has 0 N–H and O–H groups in total. The summed E-state index contributed by atoms with van der Waals surface area (Å²) in [6, 6.07) is 0. The molecule has 0 unspecified atom stereocenters. The summed E-state index contributed by atoms with van der Waals surface area (Å²) in [6.07, 6.45) is 5.10. The van der Waals surface area contributed by atoms with Gasteiger partial charge in [-0.2, -0.15) is 0 Å². The van der Waals surface area contributed by atoms with Crippen LogP contribution in [0.15, 0.2) is 24.3 Å². The smallest absolute Gasteiger partial charge is 0.192 e. The van der Waals surface area contributed by atoms with Crippen LogP contribution in [0.5, 0.6) is 0 Å². The van der Waals surface area contributed by atoms with E-state index in [1.165, 1.54) is 5.57 Å². The van der Waals surface area contributed by atoms with E-state index in [1.54, 1.807) is 0 Å². The zero-order valence-corrected chi connectivity index (χ0v) is 17.2. The van der Waals surface area contributed by atoms with Crippen LogP contribution in [0.1, 0.15) is 48.0 Å². The zero-order chi connectivity index (χ0) is 17.8. The van der Waals surface area contributed by atoms with E-state index in [2.05, 4.69) is 67.3 Å². The predicted molar refractivity (Wildman–Crippen MR) is 99.9 cm³/mol. The molecule has 3 heteroatoms. The maximum atomic E-state index is 12.7. The van der Waals surface area contributed by atoms with Crippen molar-refractivity contribution in [3.05, 3.63) is 24.3 Å². The van der Waals surface area contributed by atoms with Crippen LogP contribution < -0.4 is 0 Å². The van der Waals surface area contributed by atoms with Crippen LogP contribution in [0.4, 0.5) is 0 Å². The van der Waals surface area contributed by atoms with Crippen molar-refractivity contribution >= 4 is 14.1 Å². The Bertz CT molecular complexity index is 536. The van der Waals surface area contributed by atoms with E-state index in [-0.39, 0.29) is 28.3 Å². The molecule has 2 aliphatic carbocycles. The fourth-order valence-corrected chi connectivity index (χ4v) is 5.27. The van der Waals surface area contributed by atoms with Gasteiger partial charge >= 0.3 is 0 Å². The third kappa shape index (κ3) is 3.02. The van der Waals surface area contributed by atoms with Gasteiger partial charge in [-0.25, -0.2) is 0 Å².